The van der Waals surface area contributed by atoms with Crippen LogP contribution >= 0.6 is 0 Å². The number of H-pyrrole nitrogens is 2. The Labute approximate surface area is 122 Å². The lowest BCUT2D eigenvalue weighted by Gasteiger charge is -2.15. The molecule has 0 radical (unpaired) electrons. The normalized spacial score (nSPS) is 12.9. The number of benzene rings is 1. The minimum atomic E-state index is -0.172. The molecular formula is C15H19N5O. The Balaban J connectivity index is 1.74. The quantitative estimate of drug-likeness (QED) is 0.670. The molecule has 2 heterocycles. The number of rotatable bonds is 5. The lowest BCUT2D eigenvalue weighted by molar-refractivity contribution is 0.532. The Morgan fingerprint density at radius 3 is 2.90 bits per heavy atom. The van der Waals surface area contributed by atoms with E-state index < -0.39 is 0 Å². The summed E-state index contributed by atoms with van der Waals surface area (Å²) in [6.07, 6.45) is 1.82. The number of hydrogen-bond acceptors (Lipinski definition) is 3. The van der Waals surface area contributed by atoms with Crippen molar-refractivity contribution in [2.75, 3.05) is 0 Å². The van der Waals surface area contributed by atoms with Gasteiger partial charge in [0.1, 0.15) is 0 Å². The minimum absolute atomic E-state index is 0.172. The van der Waals surface area contributed by atoms with Crippen LogP contribution in [-0.2, 0) is 13.1 Å². The van der Waals surface area contributed by atoms with Crippen molar-refractivity contribution in [3.05, 3.63) is 52.2 Å². The first-order valence-corrected chi connectivity index (χ1v) is 7.13. The van der Waals surface area contributed by atoms with Crippen LogP contribution in [0.4, 0.5) is 0 Å². The van der Waals surface area contributed by atoms with E-state index in [0.29, 0.717) is 0 Å². The molecule has 3 rings (SSSR count). The summed E-state index contributed by atoms with van der Waals surface area (Å²) in [5.74, 6) is 0. The number of aryl methyl sites for hydroxylation is 1. The fourth-order valence-corrected chi connectivity index (χ4v) is 2.49. The zero-order valence-corrected chi connectivity index (χ0v) is 12.2. The van der Waals surface area contributed by atoms with E-state index in [9.17, 15) is 4.79 Å². The molecule has 0 aliphatic heterocycles. The van der Waals surface area contributed by atoms with Gasteiger partial charge < -0.3 is 15.3 Å². The van der Waals surface area contributed by atoms with Gasteiger partial charge in [0.15, 0.2) is 0 Å². The average Bonchev–Trinajstić information content (AvgIpc) is 3.08. The molecule has 0 aliphatic rings. The molecule has 0 saturated carbocycles. The van der Waals surface area contributed by atoms with Gasteiger partial charge in [0.25, 0.3) is 0 Å². The molecule has 21 heavy (non-hydrogen) atoms. The summed E-state index contributed by atoms with van der Waals surface area (Å²) in [6.45, 7) is 5.82. The average molecular weight is 285 g/mol. The Bertz CT molecular complexity index is 798. The highest BCUT2D eigenvalue weighted by Crippen LogP contribution is 2.17. The lowest BCUT2D eigenvalue weighted by atomic mass is 10.1. The molecule has 0 spiro atoms. The van der Waals surface area contributed by atoms with E-state index >= 15 is 0 Å². The monoisotopic (exact) mass is 285 g/mol. The Morgan fingerprint density at radius 1 is 1.29 bits per heavy atom. The third kappa shape index (κ3) is 2.75. The number of imidazole rings is 1. The van der Waals surface area contributed by atoms with Crippen LogP contribution in [0.1, 0.15) is 31.1 Å². The van der Waals surface area contributed by atoms with Crippen LogP contribution in [0.25, 0.3) is 11.0 Å². The van der Waals surface area contributed by atoms with Crippen molar-refractivity contribution < 1.29 is 0 Å². The smallest absolute Gasteiger partial charge is 0.306 e. The van der Waals surface area contributed by atoms with E-state index in [1.54, 1.807) is 0 Å². The number of nitrogens with one attached hydrogen (secondary N) is 3. The van der Waals surface area contributed by atoms with Gasteiger partial charge in [0.05, 0.1) is 16.7 Å². The van der Waals surface area contributed by atoms with Gasteiger partial charge in [-0.05, 0) is 37.6 Å². The summed E-state index contributed by atoms with van der Waals surface area (Å²) in [6, 6.07) is 8.17. The van der Waals surface area contributed by atoms with Crippen molar-refractivity contribution in [2.24, 2.45) is 0 Å². The molecule has 6 nitrogen and oxygen atoms in total. The van der Waals surface area contributed by atoms with E-state index in [1.165, 1.54) is 5.69 Å². The van der Waals surface area contributed by atoms with Gasteiger partial charge in [-0.2, -0.15) is 5.10 Å². The van der Waals surface area contributed by atoms with Crippen molar-refractivity contribution in [3.8, 4) is 0 Å². The molecule has 3 aromatic rings. The highest BCUT2D eigenvalue weighted by molar-refractivity contribution is 5.75. The van der Waals surface area contributed by atoms with Crippen molar-refractivity contribution in [2.45, 2.75) is 33.0 Å². The van der Waals surface area contributed by atoms with Crippen molar-refractivity contribution in [1.29, 1.82) is 0 Å². The van der Waals surface area contributed by atoms with Gasteiger partial charge in [0.2, 0.25) is 0 Å². The zero-order valence-electron chi connectivity index (χ0n) is 12.2. The van der Waals surface area contributed by atoms with Crippen molar-refractivity contribution >= 4 is 11.0 Å². The summed E-state index contributed by atoms with van der Waals surface area (Å²) >= 11 is 0. The number of fused-ring (bicyclic) bond motifs is 1. The van der Waals surface area contributed by atoms with Crippen LogP contribution in [0.2, 0.25) is 0 Å². The Hall–Kier alpha value is -2.34. The largest absolute Gasteiger partial charge is 0.323 e. The van der Waals surface area contributed by atoms with Crippen LogP contribution in [0, 0.1) is 0 Å². The summed E-state index contributed by atoms with van der Waals surface area (Å²) in [5, 5.41) is 7.75. The van der Waals surface area contributed by atoms with E-state index in [0.717, 1.165) is 29.7 Å². The molecule has 0 bridgehead atoms. The van der Waals surface area contributed by atoms with Crippen LogP contribution in [-0.4, -0.2) is 19.7 Å². The summed E-state index contributed by atoms with van der Waals surface area (Å²) in [4.78, 5) is 16.8. The maximum absolute atomic E-state index is 11.3. The molecule has 2 aromatic heterocycles. The lowest BCUT2D eigenvalue weighted by Crippen LogP contribution is -2.20. The predicted molar refractivity (Wildman–Crippen MR) is 82.1 cm³/mol. The van der Waals surface area contributed by atoms with Gasteiger partial charge >= 0.3 is 5.69 Å². The minimum Gasteiger partial charge on any atom is -0.306 e. The van der Waals surface area contributed by atoms with E-state index in [1.807, 2.05) is 35.1 Å². The molecule has 0 amide bonds. The van der Waals surface area contributed by atoms with E-state index in [2.05, 4.69) is 34.2 Å². The second-order valence-corrected chi connectivity index (χ2v) is 5.13. The maximum atomic E-state index is 11.3. The van der Waals surface area contributed by atoms with Gasteiger partial charge in [0, 0.05) is 25.3 Å². The van der Waals surface area contributed by atoms with Gasteiger partial charge in [-0.25, -0.2) is 4.79 Å². The van der Waals surface area contributed by atoms with Crippen LogP contribution < -0.4 is 11.0 Å². The molecule has 6 heteroatoms. The number of hydrogen-bond donors (Lipinski definition) is 3. The molecule has 0 saturated heterocycles. The molecule has 1 atom stereocenters. The standard InChI is InChI=1S/C15H19N5O/c1-3-20-12(6-7-17-20)9-16-10(2)11-4-5-13-14(8-11)19-15(21)18-13/h4-8,10,16H,3,9H2,1-2H3,(H2,18,19,21). The number of aromatic nitrogens is 4. The fourth-order valence-electron chi connectivity index (χ4n) is 2.49. The highest BCUT2D eigenvalue weighted by atomic mass is 16.1. The molecule has 1 aromatic carbocycles. The van der Waals surface area contributed by atoms with Crippen LogP contribution in [0.3, 0.4) is 0 Å². The first kappa shape index (κ1) is 13.6. The predicted octanol–water partition coefficient (Wildman–Crippen LogP) is 1.92. The Morgan fingerprint density at radius 2 is 2.10 bits per heavy atom. The third-order valence-electron chi connectivity index (χ3n) is 3.73. The zero-order chi connectivity index (χ0) is 14.8. The third-order valence-corrected chi connectivity index (χ3v) is 3.73. The second kappa shape index (κ2) is 5.57. The topological polar surface area (TPSA) is 78.5 Å². The van der Waals surface area contributed by atoms with Gasteiger partial charge in [-0.3, -0.25) is 4.68 Å². The van der Waals surface area contributed by atoms with Crippen LogP contribution in [0.5, 0.6) is 0 Å². The van der Waals surface area contributed by atoms with Crippen LogP contribution in [0.15, 0.2) is 35.3 Å². The van der Waals surface area contributed by atoms with Gasteiger partial charge in [-0.15, -0.1) is 0 Å². The maximum Gasteiger partial charge on any atom is 0.323 e. The van der Waals surface area contributed by atoms with Crippen molar-refractivity contribution in [1.82, 2.24) is 25.1 Å². The first-order valence-electron chi connectivity index (χ1n) is 7.13. The van der Waals surface area contributed by atoms with Crippen molar-refractivity contribution in [3.63, 3.8) is 0 Å². The molecule has 0 aliphatic carbocycles. The van der Waals surface area contributed by atoms with E-state index in [-0.39, 0.29) is 11.7 Å². The summed E-state index contributed by atoms with van der Waals surface area (Å²) in [7, 11) is 0. The summed E-state index contributed by atoms with van der Waals surface area (Å²) < 4.78 is 1.98. The SMILES string of the molecule is CCn1nccc1CNC(C)c1ccc2[nH]c(=O)[nH]c2c1. The number of aromatic amines is 2. The molecule has 110 valence electrons. The van der Waals surface area contributed by atoms with Gasteiger partial charge in [-0.1, -0.05) is 6.07 Å². The fraction of sp³-hybridized carbons (Fsp3) is 0.333. The summed E-state index contributed by atoms with van der Waals surface area (Å²) in [5.41, 5.74) is 3.81. The first-order chi connectivity index (χ1) is 10.2. The molecular weight excluding hydrogens is 266 g/mol. The Kier molecular flexibility index (Phi) is 3.62. The molecule has 0 fully saturated rings. The van der Waals surface area contributed by atoms with E-state index in [4.69, 9.17) is 0 Å². The second-order valence-electron chi connectivity index (χ2n) is 5.13. The molecule has 1 unspecified atom stereocenters. The number of nitrogens with zero attached hydrogens (tertiary/aromatic N) is 2. The highest BCUT2D eigenvalue weighted by Gasteiger charge is 2.08. The molecule has 3 N–H and O–H groups in total.